The van der Waals surface area contributed by atoms with Crippen LogP contribution in [0.1, 0.15) is 12.8 Å². The molecule has 2 rings (SSSR count). The van der Waals surface area contributed by atoms with E-state index in [-0.39, 0.29) is 21.4 Å². The number of benzene rings is 1. The van der Waals surface area contributed by atoms with Gasteiger partial charge in [0, 0.05) is 12.1 Å². The van der Waals surface area contributed by atoms with Gasteiger partial charge in [0.25, 0.3) is 0 Å². The molecule has 8 nitrogen and oxygen atoms in total. The molecule has 0 bridgehead atoms. The summed E-state index contributed by atoms with van der Waals surface area (Å²) in [5.74, 6) is -2.18. The zero-order valence-corrected chi connectivity index (χ0v) is 16.5. The van der Waals surface area contributed by atoms with Gasteiger partial charge < -0.3 is 15.2 Å². The highest BCUT2D eigenvalue weighted by Crippen LogP contribution is 2.46. The van der Waals surface area contributed by atoms with Crippen LogP contribution in [0, 0.1) is 16.7 Å². The second-order valence-electron chi connectivity index (χ2n) is 5.98. The summed E-state index contributed by atoms with van der Waals surface area (Å²) < 4.78 is 36.0. The molecule has 2 N–H and O–H groups in total. The van der Waals surface area contributed by atoms with Crippen LogP contribution in [0.4, 0.5) is 0 Å². The molecule has 1 amide bonds. The van der Waals surface area contributed by atoms with Gasteiger partial charge in [-0.25, -0.2) is 8.42 Å². The first kappa shape index (κ1) is 21.4. The molecule has 1 aliphatic carbocycles. The minimum Gasteiger partial charge on any atom is -0.449 e. The highest BCUT2D eigenvalue weighted by atomic mass is 35.5. The molecule has 0 saturated heterocycles. The number of halogens is 2. The van der Waals surface area contributed by atoms with Crippen LogP contribution in [0.5, 0.6) is 0 Å². The number of carbonyl (C=O) groups excluding carboxylic acids is 2. The number of nitrogens with zero attached hydrogens (tertiary/aromatic N) is 1. The number of esters is 1. The van der Waals surface area contributed by atoms with Crippen LogP contribution in [-0.2, 0) is 28.9 Å². The van der Waals surface area contributed by atoms with Crippen LogP contribution in [0.25, 0.3) is 0 Å². The maximum Gasteiger partial charge on any atom is 0.325 e. The lowest BCUT2D eigenvalue weighted by Gasteiger charge is -2.28. The highest BCUT2D eigenvalue weighted by Gasteiger charge is 2.61. The van der Waals surface area contributed by atoms with E-state index in [4.69, 9.17) is 43.7 Å². The number of primary amides is 1. The maximum absolute atomic E-state index is 13.0. The maximum atomic E-state index is 13.0. The molecule has 27 heavy (non-hydrogen) atoms. The minimum absolute atomic E-state index is 0.0832. The number of nitriles is 1. The summed E-state index contributed by atoms with van der Waals surface area (Å²) >= 11 is 11.8. The van der Waals surface area contributed by atoms with Crippen molar-refractivity contribution in [3.05, 3.63) is 28.2 Å². The van der Waals surface area contributed by atoms with E-state index in [9.17, 15) is 18.0 Å². The fraction of sp³-hybridized carbons (Fsp3) is 0.438. The molecule has 1 aliphatic rings. The van der Waals surface area contributed by atoms with Crippen molar-refractivity contribution in [2.45, 2.75) is 29.1 Å². The first-order valence-electron chi connectivity index (χ1n) is 7.67. The highest BCUT2D eigenvalue weighted by molar-refractivity contribution is 7.92. The zero-order valence-electron chi connectivity index (χ0n) is 14.1. The number of methoxy groups -OCH3 is 1. The molecule has 11 heteroatoms. The zero-order chi connectivity index (χ0) is 20.4. The molecular formula is C16H16Cl2N2O6S. The van der Waals surface area contributed by atoms with Gasteiger partial charge in [-0.3, -0.25) is 9.59 Å². The minimum atomic E-state index is -4.04. The normalized spacial score (nSPS) is 25.0. The van der Waals surface area contributed by atoms with Crippen LogP contribution in [0.2, 0.25) is 10.0 Å². The summed E-state index contributed by atoms with van der Waals surface area (Å²) in [5.41, 5.74) is 3.40. The number of hydrogen-bond donors (Lipinski definition) is 1. The molecule has 0 aromatic heterocycles. The molecule has 0 unspecified atom stereocenters. The van der Waals surface area contributed by atoms with Crippen LogP contribution in [0.3, 0.4) is 0 Å². The Labute approximate surface area is 166 Å². The third kappa shape index (κ3) is 3.75. The first-order valence-corrected chi connectivity index (χ1v) is 9.97. The molecule has 3 atom stereocenters. The van der Waals surface area contributed by atoms with Crippen molar-refractivity contribution >= 4 is 44.9 Å². The van der Waals surface area contributed by atoms with Crippen molar-refractivity contribution in [1.29, 1.82) is 5.26 Å². The average Bonchev–Trinajstić information content (AvgIpc) is 3.01. The van der Waals surface area contributed by atoms with Gasteiger partial charge in [0.05, 0.1) is 21.3 Å². The number of nitrogens with two attached hydrogens (primary N) is 1. The third-order valence-corrected chi connectivity index (χ3v) is 7.44. The van der Waals surface area contributed by atoms with Crippen LogP contribution >= 0.6 is 23.2 Å². The van der Waals surface area contributed by atoms with Crippen molar-refractivity contribution < 1.29 is 27.5 Å². The predicted octanol–water partition coefficient (Wildman–Crippen LogP) is 1.48. The second kappa shape index (κ2) is 8.02. The van der Waals surface area contributed by atoms with Crippen molar-refractivity contribution in [3.8, 4) is 6.07 Å². The Morgan fingerprint density at radius 1 is 1.41 bits per heavy atom. The molecular weight excluding hydrogens is 419 g/mol. The lowest BCUT2D eigenvalue weighted by molar-refractivity contribution is -0.166. The standard InChI is InChI=1S/C16H16Cl2N2O6S/c1-25-13-7-10(8-16(13,14(20)21)15(22)26-5-4-19)27(23,24)12-3-2-9(17)6-11(12)18/h2-3,6,10,13H,5,7-8H2,1H3,(H2,20,21)/t10-,13+,16+/m1/s1. The number of rotatable bonds is 6. The van der Waals surface area contributed by atoms with E-state index < -0.39 is 51.5 Å². The summed E-state index contributed by atoms with van der Waals surface area (Å²) in [5, 5.41) is 7.59. The lowest BCUT2D eigenvalue weighted by Crippen LogP contribution is -2.51. The van der Waals surface area contributed by atoms with Gasteiger partial charge in [0.1, 0.15) is 6.07 Å². The van der Waals surface area contributed by atoms with E-state index in [1.54, 1.807) is 6.07 Å². The Morgan fingerprint density at radius 3 is 2.59 bits per heavy atom. The molecule has 1 aromatic carbocycles. The van der Waals surface area contributed by atoms with Gasteiger partial charge in [0.2, 0.25) is 5.91 Å². The SMILES string of the molecule is CO[C@H]1C[C@@H](S(=O)(=O)c2ccc(Cl)cc2Cl)C[C@]1(C(N)=O)C(=O)OCC#N. The topological polar surface area (TPSA) is 137 Å². The lowest BCUT2D eigenvalue weighted by atomic mass is 9.83. The monoisotopic (exact) mass is 434 g/mol. The summed E-state index contributed by atoms with van der Waals surface area (Å²) in [4.78, 5) is 24.4. The average molecular weight is 435 g/mol. The fourth-order valence-corrected chi connectivity index (χ4v) is 5.82. The van der Waals surface area contributed by atoms with Gasteiger partial charge in [-0.1, -0.05) is 23.2 Å². The van der Waals surface area contributed by atoms with Crippen molar-refractivity contribution in [3.63, 3.8) is 0 Å². The van der Waals surface area contributed by atoms with Gasteiger partial charge in [-0.15, -0.1) is 0 Å². The Hall–Kier alpha value is -1.86. The van der Waals surface area contributed by atoms with Gasteiger partial charge in [-0.05, 0) is 31.0 Å². The molecule has 0 spiro atoms. The van der Waals surface area contributed by atoms with Crippen molar-refractivity contribution in [2.75, 3.05) is 13.7 Å². The molecule has 1 aromatic rings. The van der Waals surface area contributed by atoms with Crippen LogP contribution < -0.4 is 5.73 Å². The van der Waals surface area contributed by atoms with E-state index in [1.807, 2.05) is 0 Å². The summed E-state index contributed by atoms with van der Waals surface area (Å²) in [6.07, 6.45) is -1.76. The van der Waals surface area contributed by atoms with E-state index in [1.165, 1.54) is 25.3 Å². The van der Waals surface area contributed by atoms with Gasteiger partial charge in [-0.2, -0.15) is 5.26 Å². The second-order valence-corrected chi connectivity index (χ2v) is 9.02. The third-order valence-electron chi connectivity index (χ3n) is 4.57. The number of ether oxygens (including phenoxy) is 2. The van der Waals surface area contributed by atoms with E-state index in [2.05, 4.69) is 0 Å². The van der Waals surface area contributed by atoms with E-state index >= 15 is 0 Å². The molecule has 1 fully saturated rings. The number of carbonyl (C=O) groups is 2. The van der Waals surface area contributed by atoms with E-state index in [0.717, 1.165) is 0 Å². The Morgan fingerprint density at radius 2 is 2.07 bits per heavy atom. The summed E-state index contributed by atoms with van der Waals surface area (Å²) in [6.45, 7) is -0.606. The van der Waals surface area contributed by atoms with Gasteiger partial charge >= 0.3 is 5.97 Å². The fourth-order valence-electron chi connectivity index (χ4n) is 3.23. The van der Waals surface area contributed by atoms with Crippen molar-refractivity contribution in [1.82, 2.24) is 0 Å². The number of hydrogen-bond acceptors (Lipinski definition) is 7. The number of sulfone groups is 1. The number of amides is 1. The largest absolute Gasteiger partial charge is 0.449 e. The molecule has 0 aliphatic heterocycles. The molecule has 1 saturated carbocycles. The predicted molar refractivity (Wildman–Crippen MR) is 95.7 cm³/mol. The molecule has 0 heterocycles. The summed E-state index contributed by atoms with van der Waals surface area (Å²) in [7, 11) is -2.81. The van der Waals surface area contributed by atoms with Crippen LogP contribution in [-0.4, -0.2) is 45.4 Å². The van der Waals surface area contributed by atoms with Crippen LogP contribution in [0.15, 0.2) is 23.1 Å². The van der Waals surface area contributed by atoms with Crippen molar-refractivity contribution in [2.24, 2.45) is 11.1 Å². The van der Waals surface area contributed by atoms with Gasteiger partial charge in [0.15, 0.2) is 21.9 Å². The van der Waals surface area contributed by atoms with E-state index in [0.29, 0.717) is 0 Å². The summed E-state index contributed by atoms with van der Waals surface area (Å²) in [6, 6.07) is 5.50. The molecule has 146 valence electrons. The quantitative estimate of drug-likeness (QED) is 0.528. The Bertz CT molecular complexity index is 914. The smallest absolute Gasteiger partial charge is 0.325 e. The Kier molecular flexibility index (Phi) is 6.37. The first-order chi connectivity index (χ1) is 12.6. The molecule has 0 radical (unpaired) electrons. The Balaban J connectivity index is 2.48.